The van der Waals surface area contributed by atoms with Crippen molar-refractivity contribution in [1.82, 2.24) is 5.06 Å². The van der Waals surface area contributed by atoms with Crippen LogP contribution in [0, 0.1) is 35.3 Å². The molecule has 30 heavy (non-hydrogen) atoms. The fraction of sp³-hybridized carbons (Fsp3) is 0.417. The topological polar surface area (TPSA) is 46.6 Å². The van der Waals surface area contributed by atoms with Gasteiger partial charge in [0, 0.05) is 5.56 Å². The summed E-state index contributed by atoms with van der Waals surface area (Å²) in [5, 5.41) is 1.24. The van der Waals surface area contributed by atoms with Gasteiger partial charge in [-0.25, -0.2) is 13.6 Å². The van der Waals surface area contributed by atoms with Gasteiger partial charge in [-0.3, -0.25) is 4.79 Å². The number of hydrogen-bond acceptors (Lipinski definition) is 3. The molecule has 4 bridgehead atoms. The molecule has 4 aliphatic rings. The van der Waals surface area contributed by atoms with Gasteiger partial charge in [-0.2, -0.15) is 5.06 Å². The minimum absolute atomic E-state index is 0.178. The lowest BCUT2D eigenvalue weighted by Crippen LogP contribution is -2.57. The number of benzene rings is 2. The number of carbonyl (C=O) groups excluding carboxylic acids is 2. The molecular formula is C24H23F2NO3. The molecule has 156 valence electrons. The SMILES string of the molecule is O=C(ON(C(=O)c1ccc(F)cc1)C1C2CC3CC(C2)CC1C3)c1ccc(F)cc1. The molecule has 4 fully saturated rings. The van der Waals surface area contributed by atoms with Gasteiger partial charge < -0.3 is 4.84 Å². The molecule has 0 atom stereocenters. The lowest BCUT2D eigenvalue weighted by atomic mass is 9.54. The number of rotatable bonds is 3. The third kappa shape index (κ3) is 3.48. The van der Waals surface area contributed by atoms with Crippen molar-refractivity contribution in [3.63, 3.8) is 0 Å². The lowest BCUT2D eigenvalue weighted by molar-refractivity contribution is -0.168. The zero-order chi connectivity index (χ0) is 20.8. The second kappa shape index (κ2) is 7.49. The summed E-state index contributed by atoms with van der Waals surface area (Å²) in [7, 11) is 0. The summed E-state index contributed by atoms with van der Waals surface area (Å²) in [6.45, 7) is 0. The molecule has 4 aliphatic carbocycles. The van der Waals surface area contributed by atoms with Gasteiger partial charge in [-0.15, -0.1) is 0 Å². The van der Waals surface area contributed by atoms with Crippen molar-refractivity contribution in [2.24, 2.45) is 23.7 Å². The first-order valence-electron chi connectivity index (χ1n) is 10.5. The van der Waals surface area contributed by atoms with Crippen LogP contribution in [0.1, 0.15) is 52.8 Å². The highest BCUT2D eigenvalue weighted by molar-refractivity contribution is 5.96. The second-order valence-electron chi connectivity index (χ2n) is 8.94. The van der Waals surface area contributed by atoms with Crippen LogP contribution in [0.5, 0.6) is 0 Å². The van der Waals surface area contributed by atoms with Crippen LogP contribution in [-0.4, -0.2) is 23.0 Å². The van der Waals surface area contributed by atoms with Gasteiger partial charge in [0.1, 0.15) is 11.6 Å². The molecule has 0 aromatic heterocycles. The van der Waals surface area contributed by atoms with Crippen LogP contribution < -0.4 is 0 Å². The molecule has 2 aromatic carbocycles. The molecule has 4 nitrogen and oxygen atoms in total. The van der Waals surface area contributed by atoms with Crippen molar-refractivity contribution < 1.29 is 23.2 Å². The van der Waals surface area contributed by atoms with E-state index in [0.717, 1.165) is 25.7 Å². The summed E-state index contributed by atoms with van der Waals surface area (Å²) in [6.07, 6.45) is 5.43. The molecule has 1 amide bonds. The maximum atomic E-state index is 13.4. The molecule has 6 heteroatoms. The number of halogens is 2. The summed E-state index contributed by atoms with van der Waals surface area (Å²) in [6, 6.07) is 10.1. The zero-order valence-electron chi connectivity index (χ0n) is 16.5. The smallest absolute Gasteiger partial charge is 0.332 e. The second-order valence-corrected chi connectivity index (χ2v) is 8.94. The van der Waals surface area contributed by atoms with E-state index in [0.29, 0.717) is 23.7 Å². The van der Waals surface area contributed by atoms with E-state index in [4.69, 9.17) is 4.84 Å². The number of nitrogens with zero attached hydrogens (tertiary/aromatic N) is 1. The summed E-state index contributed by atoms with van der Waals surface area (Å²) < 4.78 is 26.6. The Kier molecular flexibility index (Phi) is 4.80. The normalized spacial score (nSPS) is 28.9. The number of hydrogen-bond donors (Lipinski definition) is 0. The molecule has 0 unspecified atom stereocenters. The molecule has 0 radical (unpaired) electrons. The maximum absolute atomic E-state index is 13.4. The van der Waals surface area contributed by atoms with E-state index >= 15 is 0 Å². The van der Waals surface area contributed by atoms with Crippen molar-refractivity contribution in [2.45, 2.75) is 38.1 Å². The van der Waals surface area contributed by atoms with Crippen LogP contribution in [0.15, 0.2) is 48.5 Å². The molecule has 0 aliphatic heterocycles. The van der Waals surface area contributed by atoms with Crippen LogP contribution in [0.3, 0.4) is 0 Å². The lowest BCUT2D eigenvalue weighted by Gasteiger charge is -2.55. The van der Waals surface area contributed by atoms with Crippen LogP contribution >= 0.6 is 0 Å². The van der Waals surface area contributed by atoms with Crippen LogP contribution in [0.2, 0.25) is 0 Å². The quantitative estimate of drug-likeness (QED) is 0.668. The predicted molar refractivity (Wildman–Crippen MR) is 105 cm³/mol. The van der Waals surface area contributed by atoms with Crippen molar-refractivity contribution >= 4 is 11.9 Å². The Morgan fingerprint density at radius 3 is 1.70 bits per heavy atom. The summed E-state index contributed by atoms with van der Waals surface area (Å²) in [4.78, 5) is 31.8. The van der Waals surface area contributed by atoms with Crippen molar-refractivity contribution in [3.05, 3.63) is 71.3 Å². The number of carbonyl (C=O) groups is 2. The first kappa shape index (κ1) is 19.2. The zero-order valence-corrected chi connectivity index (χ0v) is 16.5. The molecule has 2 aromatic rings. The first-order valence-corrected chi connectivity index (χ1v) is 10.5. The monoisotopic (exact) mass is 411 g/mol. The molecule has 0 N–H and O–H groups in total. The van der Waals surface area contributed by atoms with E-state index in [1.165, 1.54) is 60.0 Å². The fourth-order valence-electron chi connectivity index (χ4n) is 5.96. The van der Waals surface area contributed by atoms with Crippen molar-refractivity contribution in [2.75, 3.05) is 0 Å². The van der Waals surface area contributed by atoms with Crippen LogP contribution in [0.4, 0.5) is 8.78 Å². The third-order valence-corrected chi connectivity index (χ3v) is 7.00. The van der Waals surface area contributed by atoms with E-state index in [9.17, 15) is 18.4 Å². The highest BCUT2D eigenvalue weighted by atomic mass is 19.1. The van der Waals surface area contributed by atoms with E-state index in [-0.39, 0.29) is 17.2 Å². The van der Waals surface area contributed by atoms with E-state index in [2.05, 4.69) is 0 Å². The van der Waals surface area contributed by atoms with Crippen molar-refractivity contribution in [3.8, 4) is 0 Å². The molecule has 4 saturated carbocycles. The van der Waals surface area contributed by atoms with Gasteiger partial charge in [0.15, 0.2) is 0 Å². The number of amides is 1. The molecule has 0 spiro atoms. The van der Waals surface area contributed by atoms with Gasteiger partial charge in [0.2, 0.25) is 0 Å². The number of hydroxylamine groups is 2. The van der Waals surface area contributed by atoms with Gasteiger partial charge in [-0.1, -0.05) is 0 Å². The molecule has 0 saturated heterocycles. The minimum Gasteiger partial charge on any atom is -0.332 e. The van der Waals surface area contributed by atoms with Crippen LogP contribution in [0.25, 0.3) is 0 Å². The largest absolute Gasteiger partial charge is 0.363 e. The Morgan fingerprint density at radius 2 is 1.20 bits per heavy atom. The molecule has 0 heterocycles. The molecule has 6 rings (SSSR count). The minimum atomic E-state index is -0.695. The first-order chi connectivity index (χ1) is 14.5. The average molecular weight is 411 g/mol. The van der Waals surface area contributed by atoms with Gasteiger partial charge in [0.05, 0.1) is 11.6 Å². The van der Waals surface area contributed by atoms with Gasteiger partial charge >= 0.3 is 5.97 Å². The molecular weight excluding hydrogens is 388 g/mol. The summed E-state index contributed by atoms with van der Waals surface area (Å²) in [5.41, 5.74) is 0.453. The Hall–Kier alpha value is -2.76. The van der Waals surface area contributed by atoms with Crippen molar-refractivity contribution in [1.29, 1.82) is 0 Å². The van der Waals surface area contributed by atoms with E-state index < -0.39 is 23.5 Å². The predicted octanol–water partition coefficient (Wildman–Crippen LogP) is 5.00. The van der Waals surface area contributed by atoms with Gasteiger partial charge in [0.25, 0.3) is 5.91 Å². The Labute approximate surface area is 173 Å². The standard InChI is InChI=1S/C24H23F2NO3/c25-20-5-1-16(2-6-20)23(28)27(30-24(29)17-3-7-21(26)8-4-17)22-18-10-14-9-15(12-18)13-19(22)11-14/h1-8,14-15,18-19,22H,9-13H2. The Bertz CT molecular complexity index is 929. The fourth-order valence-corrected chi connectivity index (χ4v) is 5.96. The van der Waals surface area contributed by atoms with E-state index in [1.54, 1.807) is 0 Å². The third-order valence-electron chi connectivity index (χ3n) is 7.00. The highest BCUT2D eigenvalue weighted by Crippen LogP contribution is 2.55. The summed E-state index contributed by atoms with van der Waals surface area (Å²) >= 11 is 0. The Balaban J connectivity index is 1.46. The van der Waals surface area contributed by atoms with Crippen LogP contribution in [-0.2, 0) is 4.84 Å². The summed E-state index contributed by atoms with van der Waals surface area (Å²) in [5.74, 6) is -0.0398. The Morgan fingerprint density at radius 1 is 0.733 bits per heavy atom. The maximum Gasteiger partial charge on any atom is 0.363 e. The highest BCUT2D eigenvalue weighted by Gasteiger charge is 2.52. The van der Waals surface area contributed by atoms with Gasteiger partial charge in [-0.05, 0) is 104 Å². The average Bonchev–Trinajstić information content (AvgIpc) is 2.72. The van der Waals surface area contributed by atoms with E-state index in [1.807, 2.05) is 0 Å².